The van der Waals surface area contributed by atoms with Gasteiger partial charge in [0, 0.05) is 0 Å². The zero-order chi connectivity index (χ0) is 9.84. The first-order chi connectivity index (χ1) is 6.13. The Balaban J connectivity index is 2.98. The molecule has 3 heteroatoms. The first-order valence-electron chi connectivity index (χ1n) is 4.09. The van der Waals surface area contributed by atoms with Gasteiger partial charge < -0.3 is 5.73 Å². The van der Waals surface area contributed by atoms with Crippen LogP contribution in [0.15, 0.2) is 23.2 Å². The Bertz CT molecular complexity index is 332. The molecule has 1 rings (SSSR count). The summed E-state index contributed by atoms with van der Waals surface area (Å²) in [5.74, 6) is 0. The van der Waals surface area contributed by atoms with Crippen molar-refractivity contribution in [2.24, 2.45) is 10.7 Å². The van der Waals surface area contributed by atoms with Gasteiger partial charge in [-0.1, -0.05) is 17.8 Å². The second-order valence-corrected chi connectivity index (χ2v) is 3.75. The SMILES string of the molecule is CSC(N)=Nc1ccc(C)c(C)c1. The first kappa shape index (κ1) is 10.1. The third-order valence-electron chi connectivity index (χ3n) is 1.94. The lowest BCUT2D eigenvalue weighted by Crippen LogP contribution is -2.04. The van der Waals surface area contributed by atoms with Crippen molar-refractivity contribution in [3.8, 4) is 0 Å². The van der Waals surface area contributed by atoms with Crippen LogP contribution in [0.5, 0.6) is 0 Å². The summed E-state index contributed by atoms with van der Waals surface area (Å²) in [6.07, 6.45) is 1.92. The summed E-state index contributed by atoms with van der Waals surface area (Å²) in [6, 6.07) is 6.07. The Labute approximate surface area is 83.2 Å². The van der Waals surface area contributed by atoms with E-state index >= 15 is 0 Å². The third-order valence-corrected chi connectivity index (χ3v) is 2.45. The molecule has 0 bridgehead atoms. The molecule has 0 aromatic heterocycles. The molecule has 1 aromatic carbocycles. The predicted octanol–water partition coefficient (Wildman–Crippen LogP) is 2.61. The van der Waals surface area contributed by atoms with Crippen LogP contribution in [-0.4, -0.2) is 11.4 Å². The van der Waals surface area contributed by atoms with Crippen molar-refractivity contribution in [3.05, 3.63) is 29.3 Å². The van der Waals surface area contributed by atoms with Gasteiger partial charge in [0.25, 0.3) is 0 Å². The molecule has 0 aliphatic carbocycles. The topological polar surface area (TPSA) is 38.4 Å². The van der Waals surface area contributed by atoms with Gasteiger partial charge in [-0.05, 0) is 43.4 Å². The van der Waals surface area contributed by atoms with E-state index in [4.69, 9.17) is 5.73 Å². The fourth-order valence-electron chi connectivity index (χ4n) is 0.968. The van der Waals surface area contributed by atoms with E-state index in [0.717, 1.165) is 5.69 Å². The molecule has 0 heterocycles. The number of thioether (sulfide) groups is 1. The van der Waals surface area contributed by atoms with Gasteiger partial charge in [-0.2, -0.15) is 0 Å². The van der Waals surface area contributed by atoms with E-state index in [-0.39, 0.29) is 0 Å². The lowest BCUT2D eigenvalue weighted by molar-refractivity contribution is 1.32. The molecule has 0 saturated carbocycles. The van der Waals surface area contributed by atoms with Gasteiger partial charge >= 0.3 is 0 Å². The van der Waals surface area contributed by atoms with E-state index in [1.165, 1.54) is 22.9 Å². The Kier molecular flexibility index (Phi) is 3.37. The van der Waals surface area contributed by atoms with Crippen LogP contribution in [0.3, 0.4) is 0 Å². The molecule has 0 aliphatic heterocycles. The van der Waals surface area contributed by atoms with Crippen molar-refractivity contribution in [2.45, 2.75) is 13.8 Å². The third kappa shape index (κ3) is 2.77. The van der Waals surface area contributed by atoms with Crippen LogP contribution < -0.4 is 5.73 Å². The lowest BCUT2D eigenvalue weighted by Gasteiger charge is -2.01. The molecular weight excluding hydrogens is 180 g/mol. The number of nitrogens with two attached hydrogens (primary N) is 1. The molecular formula is C10H14N2S. The average Bonchev–Trinajstić information content (AvgIpc) is 2.11. The van der Waals surface area contributed by atoms with Crippen LogP contribution in [-0.2, 0) is 0 Å². The number of aliphatic imine (C=N–C) groups is 1. The normalized spacial score (nSPS) is 11.8. The standard InChI is InChI=1S/C10H14N2S/c1-7-4-5-9(6-8(7)2)12-10(11)13-3/h4-6H,1-3H3,(H2,11,12). The van der Waals surface area contributed by atoms with Gasteiger partial charge in [0.05, 0.1) is 5.69 Å². The zero-order valence-electron chi connectivity index (χ0n) is 8.16. The molecule has 1 aromatic rings. The number of amidine groups is 1. The minimum absolute atomic E-state index is 0.600. The summed E-state index contributed by atoms with van der Waals surface area (Å²) < 4.78 is 0. The highest BCUT2D eigenvalue weighted by molar-refractivity contribution is 8.13. The fourth-order valence-corrected chi connectivity index (χ4v) is 1.16. The molecule has 0 radical (unpaired) electrons. The highest BCUT2D eigenvalue weighted by Crippen LogP contribution is 2.17. The van der Waals surface area contributed by atoms with E-state index in [2.05, 4.69) is 24.9 Å². The molecule has 0 fully saturated rings. The smallest absolute Gasteiger partial charge is 0.158 e. The van der Waals surface area contributed by atoms with Crippen LogP contribution >= 0.6 is 11.8 Å². The molecule has 2 nitrogen and oxygen atoms in total. The first-order valence-corrected chi connectivity index (χ1v) is 5.31. The molecule has 70 valence electrons. The van der Waals surface area contributed by atoms with Crippen LogP contribution in [0.2, 0.25) is 0 Å². The number of nitrogens with zero attached hydrogens (tertiary/aromatic N) is 1. The summed E-state index contributed by atoms with van der Waals surface area (Å²) in [7, 11) is 0. The van der Waals surface area contributed by atoms with Gasteiger partial charge in [-0.3, -0.25) is 0 Å². The largest absolute Gasteiger partial charge is 0.378 e. The van der Waals surface area contributed by atoms with Gasteiger partial charge in [0.1, 0.15) is 0 Å². The Morgan fingerprint density at radius 3 is 2.54 bits per heavy atom. The van der Waals surface area contributed by atoms with Crippen LogP contribution in [0.4, 0.5) is 5.69 Å². The molecule has 0 amide bonds. The van der Waals surface area contributed by atoms with Crippen molar-refractivity contribution in [1.29, 1.82) is 0 Å². The highest BCUT2D eigenvalue weighted by Gasteiger charge is 1.95. The minimum Gasteiger partial charge on any atom is -0.378 e. The number of aryl methyl sites for hydroxylation is 2. The zero-order valence-corrected chi connectivity index (χ0v) is 8.98. The number of hydrogen-bond donors (Lipinski definition) is 1. The molecule has 0 saturated heterocycles. The highest BCUT2D eigenvalue weighted by atomic mass is 32.2. The second-order valence-electron chi connectivity index (χ2n) is 2.92. The lowest BCUT2D eigenvalue weighted by atomic mass is 10.1. The van der Waals surface area contributed by atoms with Gasteiger partial charge in [-0.15, -0.1) is 0 Å². The summed E-state index contributed by atoms with van der Waals surface area (Å²) >= 11 is 1.46. The minimum atomic E-state index is 0.600. The van der Waals surface area contributed by atoms with Gasteiger partial charge in [0.2, 0.25) is 0 Å². The van der Waals surface area contributed by atoms with Gasteiger partial charge in [0.15, 0.2) is 5.17 Å². The maximum atomic E-state index is 5.61. The van der Waals surface area contributed by atoms with Crippen molar-refractivity contribution < 1.29 is 0 Å². The predicted molar refractivity (Wildman–Crippen MR) is 60.7 cm³/mol. The van der Waals surface area contributed by atoms with E-state index < -0.39 is 0 Å². The van der Waals surface area contributed by atoms with Crippen LogP contribution in [0.25, 0.3) is 0 Å². The van der Waals surface area contributed by atoms with Crippen LogP contribution in [0.1, 0.15) is 11.1 Å². The van der Waals surface area contributed by atoms with Crippen LogP contribution in [0, 0.1) is 13.8 Å². The molecule has 0 unspecified atom stereocenters. The van der Waals surface area contributed by atoms with Crippen molar-refractivity contribution in [3.63, 3.8) is 0 Å². The Morgan fingerprint density at radius 2 is 2.00 bits per heavy atom. The van der Waals surface area contributed by atoms with Crippen molar-refractivity contribution >= 4 is 22.6 Å². The van der Waals surface area contributed by atoms with E-state index in [9.17, 15) is 0 Å². The summed E-state index contributed by atoms with van der Waals surface area (Å²) in [4.78, 5) is 4.24. The molecule has 0 spiro atoms. The van der Waals surface area contributed by atoms with E-state index in [0.29, 0.717) is 5.17 Å². The molecule has 0 atom stereocenters. The monoisotopic (exact) mass is 194 g/mol. The Hall–Kier alpha value is -0.960. The second kappa shape index (κ2) is 4.33. The molecule has 0 aliphatic rings. The number of benzene rings is 1. The van der Waals surface area contributed by atoms with E-state index in [1.807, 2.05) is 18.4 Å². The Morgan fingerprint density at radius 1 is 1.31 bits per heavy atom. The van der Waals surface area contributed by atoms with Gasteiger partial charge in [-0.25, -0.2) is 4.99 Å². The summed E-state index contributed by atoms with van der Waals surface area (Å²) in [5.41, 5.74) is 9.06. The molecule has 13 heavy (non-hydrogen) atoms. The maximum Gasteiger partial charge on any atom is 0.158 e. The maximum absolute atomic E-state index is 5.61. The number of hydrogen-bond acceptors (Lipinski definition) is 2. The fraction of sp³-hybridized carbons (Fsp3) is 0.300. The average molecular weight is 194 g/mol. The summed E-state index contributed by atoms with van der Waals surface area (Å²) in [6.45, 7) is 4.16. The van der Waals surface area contributed by atoms with Crippen molar-refractivity contribution in [1.82, 2.24) is 0 Å². The van der Waals surface area contributed by atoms with Crippen molar-refractivity contribution in [2.75, 3.05) is 6.26 Å². The summed E-state index contributed by atoms with van der Waals surface area (Å²) in [5, 5.41) is 0.600. The molecule has 2 N–H and O–H groups in total. The van der Waals surface area contributed by atoms with E-state index in [1.54, 1.807) is 0 Å². The quantitative estimate of drug-likeness (QED) is 0.551. The number of rotatable bonds is 1.